The minimum Gasteiger partial charge on any atom is -0.493 e. The average molecular weight is 251 g/mol. The van der Waals surface area contributed by atoms with Crippen LogP contribution in [0.1, 0.15) is 32.3 Å². The second-order valence-electron chi connectivity index (χ2n) is 4.43. The van der Waals surface area contributed by atoms with Crippen molar-refractivity contribution in [1.29, 1.82) is 0 Å². The van der Waals surface area contributed by atoms with E-state index in [1.165, 1.54) is 5.56 Å². The molecule has 1 unspecified atom stereocenters. The molecule has 3 heteroatoms. The minimum absolute atomic E-state index is 0.138. The molecule has 2 N–H and O–H groups in total. The van der Waals surface area contributed by atoms with Gasteiger partial charge in [0.05, 0.1) is 13.2 Å². The van der Waals surface area contributed by atoms with Crippen molar-refractivity contribution in [2.45, 2.75) is 39.2 Å². The Labute approximate surface area is 110 Å². The summed E-state index contributed by atoms with van der Waals surface area (Å²) >= 11 is 0. The van der Waals surface area contributed by atoms with Gasteiger partial charge in [0.2, 0.25) is 0 Å². The lowest BCUT2D eigenvalue weighted by molar-refractivity contribution is 0.208. The molecule has 0 radical (unpaired) electrons. The molecule has 0 bridgehead atoms. The van der Waals surface area contributed by atoms with Crippen LogP contribution in [-0.4, -0.2) is 30.9 Å². The highest BCUT2D eigenvalue weighted by Gasteiger charge is 2.07. The van der Waals surface area contributed by atoms with E-state index in [0.717, 1.165) is 31.6 Å². The van der Waals surface area contributed by atoms with Crippen LogP contribution in [0.25, 0.3) is 0 Å². The fourth-order valence-electron chi connectivity index (χ4n) is 1.85. The van der Waals surface area contributed by atoms with Gasteiger partial charge in [0, 0.05) is 6.04 Å². The Hall–Kier alpha value is -1.06. The third-order valence-corrected chi connectivity index (χ3v) is 2.98. The standard InChI is InChI=1S/C15H25NO2/c1-3-10-16-14(12-17)9-11-18-15-8-6-5-7-13(15)4-2/h5-8,14,16-17H,3-4,9-12H2,1-2H3. The molecule has 0 aliphatic rings. The number of para-hydroxylation sites is 1. The average Bonchev–Trinajstić information content (AvgIpc) is 2.43. The van der Waals surface area contributed by atoms with E-state index in [1.54, 1.807) is 0 Å². The van der Waals surface area contributed by atoms with Crippen LogP contribution in [0.4, 0.5) is 0 Å². The van der Waals surface area contributed by atoms with Gasteiger partial charge in [0.1, 0.15) is 5.75 Å². The summed E-state index contributed by atoms with van der Waals surface area (Å²) in [5, 5.41) is 12.5. The Balaban J connectivity index is 2.35. The molecule has 1 aromatic rings. The first kappa shape index (κ1) is 15.0. The highest BCUT2D eigenvalue weighted by Crippen LogP contribution is 2.18. The normalized spacial score (nSPS) is 12.4. The first-order valence-corrected chi connectivity index (χ1v) is 6.86. The zero-order valence-corrected chi connectivity index (χ0v) is 11.5. The van der Waals surface area contributed by atoms with E-state index in [-0.39, 0.29) is 12.6 Å². The molecule has 1 atom stereocenters. The topological polar surface area (TPSA) is 41.5 Å². The lowest BCUT2D eigenvalue weighted by atomic mass is 10.1. The SMILES string of the molecule is CCCNC(CO)CCOc1ccccc1CC. The van der Waals surface area contributed by atoms with Gasteiger partial charge in [-0.2, -0.15) is 0 Å². The molecule has 0 spiro atoms. The summed E-state index contributed by atoms with van der Waals surface area (Å²) in [6.45, 7) is 5.99. The number of hydrogen-bond donors (Lipinski definition) is 2. The summed E-state index contributed by atoms with van der Waals surface area (Å²) in [6, 6.07) is 8.26. The van der Waals surface area contributed by atoms with Crippen LogP contribution in [0.3, 0.4) is 0 Å². The van der Waals surface area contributed by atoms with E-state index in [2.05, 4.69) is 25.2 Å². The van der Waals surface area contributed by atoms with Crippen LogP contribution in [0, 0.1) is 0 Å². The predicted molar refractivity (Wildman–Crippen MR) is 75.1 cm³/mol. The summed E-state index contributed by atoms with van der Waals surface area (Å²) in [5.74, 6) is 0.965. The van der Waals surface area contributed by atoms with Gasteiger partial charge in [0.15, 0.2) is 0 Å². The summed E-state index contributed by atoms with van der Waals surface area (Å²) in [4.78, 5) is 0. The van der Waals surface area contributed by atoms with Crippen LogP contribution in [0.2, 0.25) is 0 Å². The molecule has 1 aromatic carbocycles. The van der Waals surface area contributed by atoms with Gasteiger partial charge in [-0.25, -0.2) is 0 Å². The highest BCUT2D eigenvalue weighted by molar-refractivity contribution is 5.33. The second-order valence-corrected chi connectivity index (χ2v) is 4.43. The number of ether oxygens (including phenoxy) is 1. The van der Waals surface area contributed by atoms with Crippen LogP contribution in [0.15, 0.2) is 24.3 Å². The molecule has 3 nitrogen and oxygen atoms in total. The number of rotatable bonds is 9. The van der Waals surface area contributed by atoms with Gasteiger partial charge >= 0.3 is 0 Å². The fraction of sp³-hybridized carbons (Fsp3) is 0.600. The molecule has 0 aliphatic heterocycles. The van der Waals surface area contributed by atoms with Gasteiger partial charge in [-0.1, -0.05) is 32.0 Å². The van der Waals surface area contributed by atoms with Crippen molar-refractivity contribution in [3.63, 3.8) is 0 Å². The lowest BCUT2D eigenvalue weighted by Crippen LogP contribution is -2.34. The zero-order chi connectivity index (χ0) is 13.2. The Bertz CT molecular complexity index is 328. The van der Waals surface area contributed by atoms with Crippen molar-refractivity contribution in [2.75, 3.05) is 19.8 Å². The Kier molecular flexibility index (Phi) is 7.46. The molecule has 102 valence electrons. The molecule has 0 aliphatic carbocycles. The van der Waals surface area contributed by atoms with Gasteiger partial charge in [0.25, 0.3) is 0 Å². The summed E-state index contributed by atoms with van der Waals surface area (Å²) < 4.78 is 5.79. The van der Waals surface area contributed by atoms with Gasteiger partial charge in [-0.05, 0) is 37.4 Å². The molecule has 0 fully saturated rings. The first-order chi connectivity index (χ1) is 8.81. The molecule has 1 rings (SSSR count). The molecular formula is C15H25NO2. The number of benzene rings is 1. The van der Waals surface area contributed by atoms with E-state index in [4.69, 9.17) is 4.74 Å². The monoisotopic (exact) mass is 251 g/mol. The van der Waals surface area contributed by atoms with E-state index >= 15 is 0 Å². The van der Waals surface area contributed by atoms with Crippen LogP contribution >= 0.6 is 0 Å². The maximum Gasteiger partial charge on any atom is 0.122 e. The summed E-state index contributed by atoms with van der Waals surface area (Å²) in [6.07, 6.45) is 2.89. The molecular weight excluding hydrogens is 226 g/mol. The van der Waals surface area contributed by atoms with Crippen molar-refractivity contribution in [3.05, 3.63) is 29.8 Å². The van der Waals surface area contributed by atoms with Crippen LogP contribution < -0.4 is 10.1 Å². The van der Waals surface area contributed by atoms with Crippen molar-refractivity contribution >= 4 is 0 Å². The number of aliphatic hydroxyl groups is 1. The predicted octanol–water partition coefficient (Wildman–Crippen LogP) is 2.38. The summed E-state index contributed by atoms with van der Waals surface area (Å²) in [5.41, 5.74) is 1.24. The third kappa shape index (κ3) is 5.07. The van der Waals surface area contributed by atoms with Crippen LogP contribution in [-0.2, 0) is 6.42 Å². The number of nitrogens with one attached hydrogen (secondary N) is 1. The number of hydrogen-bond acceptors (Lipinski definition) is 3. The maximum atomic E-state index is 9.23. The number of aliphatic hydroxyl groups excluding tert-OH is 1. The van der Waals surface area contributed by atoms with Crippen molar-refractivity contribution in [1.82, 2.24) is 5.32 Å². The van der Waals surface area contributed by atoms with E-state index in [0.29, 0.717) is 6.61 Å². The Morgan fingerprint density at radius 2 is 2.06 bits per heavy atom. The molecule has 0 aromatic heterocycles. The van der Waals surface area contributed by atoms with Crippen molar-refractivity contribution in [3.8, 4) is 5.75 Å². The zero-order valence-electron chi connectivity index (χ0n) is 11.5. The smallest absolute Gasteiger partial charge is 0.122 e. The third-order valence-electron chi connectivity index (χ3n) is 2.98. The van der Waals surface area contributed by atoms with Crippen molar-refractivity contribution < 1.29 is 9.84 Å². The Morgan fingerprint density at radius 3 is 2.72 bits per heavy atom. The van der Waals surface area contributed by atoms with Crippen molar-refractivity contribution in [2.24, 2.45) is 0 Å². The van der Waals surface area contributed by atoms with Gasteiger partial charge in [-0.15, -0.1) is 0 Å². The first-order valence-electron chi connectivity index (χ1n) is 6.86. The second kappa shape index (κ2) is 8.95. The molecule has 0 saturated carbocycles. The molecule has 0 heterocycles. The molecule has 18 heavy (non-hydrogen) atoms. The number of aryl methyl sites for hydroxylation is 1. The lowest BCUT2D eigenvalue weighted by Gasteiger charge is -2.17. The molecule has 0 saturated heterocycles. The van der Waals surface area contributed by atoms with Crippen LogP contribution in [0.5, 0.6) is 5.75 Å². The minimum atomic E-state index is 0.138. The molecule has 0 amide bonds. The highest BCUT2D eigenvalue weighted by atomic mass is 16.5. The summed E-state index contributed by atoms with van der Waals surface area (Å²) in [7, 11) is 0. The van der Waals surface area contributed by atoms with Gasteiger partial charge < -0.3 is 15.2 Å². The quantitative estimate of drug-likeness (QED) is 0.708. The van der Waals surface area contributed by atoms with E-state index in [1.807, 2.05) is 18.2 Å². The maximum absolute atomic E-state index is 9.23. The van der Waals surface area contributed by atoms with E-state index < -0.39 is 0 Å². The largest absolute Gasteiger partial charge is 0.493 e. The van der Waals surface area contributed by atoms with Gasteiger partial charge in [-0.3, -0.25) is 0 Å². The Morgan fingerprint density at radius 1 is 1.28 bits per heavy atom. The van der Waals surface area contributed by atoms with E-state index in [9.17, 15) is 5.11 Å². The fourth-order valence-corrected chi connectivity index (χ4v) is 1.85.